The van der Waals surface area contributed by atoms with Gasteiger partial charge in [0.2, 0.25) is 5.91 Å². The lowest BCUT2D eigenvalue weighted by Gasteiger charge is -2.38. The summed E-state index contributed by atoms with van der Waals surface area (Å²) in [6.07, 6.45) is 2.95. The Morgan fingerprint density at radius 3 is 2.27 bits per heavy atom. The Labute approximate surface area is 280 Å². The Bertz CT molecular complexity index is 1800. The number of para-hydroxylation sites is 1. The first-order valence-electron chi connectivity index (χ1n) is 15.3. The van der Waals surface area contributed by atoms with E-state index in [0.29, 0.717) is 29.4 Å². The average molecular weight is 673 g/mol. The van der Waals surface area contributed by atoms with Gasteiger partial charge in [-0.1, -0.05) is 30.3 Å². The van der Waals surface area contributed by atoms with Crippen LogP contribution in [0.5, 0.6) is 11.5 Å². The Kier molecular flexibility index (Phi) is 11.0. The number of rotatable bonds is 11. The van der Waals surface area contributed by atoms with Crippen LogP contribution in [0.4, 0.5) is 31.9 Å². The monoisotopic (exact) mass is 672 g/mol. The van der Waals surface area contributed by atoms with Gasteiger partial charge in [0.1, 0.15) is 28.3 Å². The first-order valence-corrected chi connectivity index (χ1v) is 16.9. The normalized spacial score (nSPS) is 14.1. The van der Waals surface area contributed by atoms with Crippen LogP contribution >= 0.6 is 0 Å². The van der Waals surface area contributed by atoms with Crippen LogP contribution in [-0.2, 0) is 22.3 Å². The third-order valence-corrected chi connectivity index (χ3v) is 8.29. The van der Waals surface area contributed by atoms with Gasteiger partial charge in [0.05, 0.1) is 11.3 Å². The molecular weight excluding hydrogens is 635 g/mol. The minimum atomic E-state index is -1.30. The molecule has 0 saturated carbocycles. The highest BCUT2D eigenvalue weighted by molar-refractivity contribution is 7.85. The summed E-state index contributed by atoms with van der Waals surface area (Å²) in [5, 5.41) is 5.32. The summed E-state index contributed by atoms with van der Waals surface area (Å²) in [6.45, 7) is 3.51. The predicted octanol–water partition coefficient (Wildman–Crippen LogP) is 6.08. The molecule has 4 amide bonds. The number of amides is 4. The zero-order valence-corrected chi connectivity index (χ0v) is 27.4. The molecule has 4 aromatic rings. The van der Waals surface area contributed by atoms with E-state index in [0.717, 1.165) is 37.2 Å². The van der Waals surface area contributed by atoms with Crippen molar-refractivity contribution in [3.05, 3.63) is 108 Å². The van der Waals surface area contributed by atoms with E-state index in [9.17, 15) is 23.0 Å². The summed E-state index contributed by atoms with van der Waals surface area (Å²) in [4.78, 5) is 41.2. The second-order valence-corrected chi connectivity index (χ2v) is 12.5. The number of benzene rings is 4. The second-order valence-electron chi connectivity index (χ2n) is 11.4. The molecule has 5 N–H and O–H groups in total. The molecule has 1 heterocycles. The quantitative estimate of drug-likeness (QED) is 0.152. The molecule has 1 fully saturated rings. The van der Waals surface area contributed by atoms with Crippen LogP contribution in [0.25, 0.3) is 0 Å². The Morgan fingerprint density at radius 2 is 1.62 bits per heavy atom. The van der Waals surface area contributed by atoms with E-state index in [1.54, 1.807) is 17.0 Å². The van der Waals surface area contributed by atoms with Gasteiger partial charge in [0.15, 0.2) is 0 Å². The van der Waals surface area contributed by atoms with Crippen molar-refractivity contribution >= 4 is 51.6 Å². The number of piperidine rings is 1. The van der Waals surface area contributed by atoms with E-state index < -0.39 is 28.6 Å². The molecule has 1 unspecified atom stereocenters. The molecule has 0 aliphatic carbocycles. The molecule has 0 spiro atoms. The molecule has 11 nitrogen and oxygen atoms in total. The van der Waals surface area contributed by atoms with Crippen molar-refractivity contribution < 1.29 is 27.7 Å². The van der Waals surface area contributed by atoms with Crippen LogP contribution in [0.1, 0.15) is 35.7 Å². The summed E-state index contributed by atoms with van der Waals surface area (Å²) in [5.74, 6) is -0.833. The maximum Gasteiger partial charge on any atom is 0.326 e. The highest BCUT2D eigenvalue weighted by atomic mass is 32.2. The third-order valence-electron chi connectivity index (χ3n) is 7.77. The molecule has 1 aliphatic rings. The van der Waals surface area contributed by atoms with Gasteiger partial charge in [-0.2, -0.15) is 0 Å². The van der Waals surface area contributed by atoms with Crippen molar-refractivity contribution in [1.82, 2.24) is 4.90 Å². The van der Waals surface area contributed by atoms with Crippen LogP contribution < -0.4 is 30.7 Å². The summed E-state index contributed by atoms with van der Waals surface area (Å²) in [7, 11) is -1.30. The lowest BCUT2D eigenvalue weighted by molar-refractivity contribution is -0.114. The maximum absolute atomic E-state index is 14.2. The van der Waals surface area contributed by atoms with Crippen LogP contribution in [0.15, 0.2) is 91.0 Å². The number of nitrogens with one attached hydrogen (secondary N) is 3. The number of nitrogens with two attached hydrogens (primary N) is 1. The SMILES string of the molecule is CC(=O)Nc1cc(NC(=O)N(c2ccccc2)C2CCN(Cc3ccc(Oc4ccc(NS(C)=O)cc4C(N)=O)cc3)CC2)ccc1F. The van der Waals surface area contributed by atoms with E-state index in [4.69, 9.17) is 10.5 Å². The zero-order valence-electron chi connectivity index (χ0n) is 26.6. The number of hydrogen-bond acceptors (Lipinski definition) is 6. The smallest absolute Gasteiger partial charge is 0.326 e. The summed E-state index contributed by atoms with van der Waals surface area (Å²) in [6, 6.07) is 25.4. The van der Waals surface area contributed by atoms with E-state index in [1.807, 2.05) is 54.6 Å². The fraction of sp³-hybridized carbons (Fsp3) is 0.229. The largest absolute Gasteiger partial charge is 0.457 e. The van der Waals surface area contributed by atoms with Crippen LogP contribution in [0.3, 0.4) is 0 Å². The summed E-state index contributed by atoms with van der Waals surface area (Å²) >= 11 is 0. The Balaban J connectivity index is 1.21. The number of urea groups is 1. The van der Waals surface area contributed by atoms with Gasteiger partial charge < -0.3 is 25.8 Å². The van der Waals surface area contributed by atoms with Gasteiger partial charge >= 0.3 is 6.03 Å². The van der Waals surface area contributed by atoms with Gasteiger partial charge in [0, 0.05) is 55.9 Å². The topological polar surface area (TPSA) is 146 Å². The highest BCUT2D eigenvalue weighted by Crippen LogP contribution is 2.30. The van der Waals surface area contributed by atoms with Crippen molar-refractivity contribution in [3.63, 3.8) is 0 Å². The summed E-state index contributed by atoms with van der Waals surface area (Å²) in [5.41, 5.74) is 8.40. The number of halogens is 1. The highest BCUT2D eigenvalue weighted by Gasteiger charge is 2.29. The zero-order chi connectivity index (χ0) is 34.2. The molecule has 13 heteroatoms. The van der Waals surface area contributed by atoms with E-state index >= 15 is 0 Å². The molecular formula is C35H37FN6O5S. The van der Waals surface area contributed by atoms with Gasteiger partial charge in [-0.25, -0.2) is 13.4 Å². The molecule has 1 atom stereocenters. The number of ether oxygens (including phenoxy) is 1. The van der Waals surface area contributed by atoms with Crippen molar-refractivity contribution in [2.45, 2.75) is 32.4 Å². The molecule has 1 aliphatic heterocycles. The second kappa shape index (κ2) is 15.5. The molecule has 0 radical (unpaired) electrons. The number of likely N-dealkylation sites (tertiary alicyclic amines) is 1. The molecule has 0 bridgehead atoms. The Morgan fingerprint density at radius 1 is 0.938 bits per heavy atom. The van der Waals surface area contributed by atoms with Crippen LogP contribution in [0.2, 0.25) is 0 Å². The van der Waals surface area contributed by atoms with Gasteiger partial charge in [-0.15, -0.1) is 0 Å². The van der Waals surface area contributed by atoms with Crippen molar-refractivity contribution in [2.75, 3.05) is 39.6 Å². The lowest BCUT2D eigenvalue weighted by atomic mass is 10.0. The first kappa shape index (κ1) is 34.1. The lowest BCUT2D eigenvalue weighted by Crippen LogP contribution is -2.49. The molecule has 48 heavy (non-hydrogen) atoms. The van der Waals surface area contributed by atoms with Crippen molar-refractivity contribution in [1.29, 1.82) is 0 Å². The third kappa shape index (κ3) is 8.96. The number of carbonyl (C=O) groups is 3. The average Bonchev–Trinajstić information content (AvgIpc) is 3.05. The fourth-order valence-corrected chi connectivity index (χ4v) is 6.04. The first-order chi connectivity index (χ1) is 23.0. The van der Waals surface area contributed by atoms with Crippen molar-refractivity contribution in [3.8, 4) is 11.5 Å². The predicted molar refractivity (Wildman–Crippen MR) is 186 cm³/mol. The number of hydrogen-bond donors (Lipinski definition) is 4. The number of carbonyl (C=O) groups excluding carboxylic acids is 3. The number of anilines is 4. The van der Waals surface area contributed by atoms with Crippen LogP contribution in [-0.4, -0.2) is 52.3 Å². The maximum atomic E-state index is 14.2. The van der Waals surface area contributed by atoms with E-state index in [2.05, 4.69) is 20.3 Å². The molecule has 250 valence electrons. The minimum absolute atomic E-state index is 0.00627. The van der Waals surface area contributed by atoms with Crippen molar-refractivity contribution in [2.24, 2.45) is 5.73 Å². The standard InChI is InChI=1S/C35H37FN6O5S/c1-23(43)38-32-21-25(10-14-31(32)36)39-35(45)42(27-6-4-3-5-7-27)28-16-18-41(19-17-28)22-24-8-12-29(13-9-24)47-33-15-11-26(40-48(2)46)20-30(33)34(37)44/h3-15,20-21,28,40H,16-19,22H2,1-2H3,(H2,37,44)(H,38,43)(H,39,45). The number of primary amides is 1. The molecule has 0 aromatic heterocycles. The molecule has 1 saturated heterocycles. The Hall–Kier alpha value is -5.27. The van der Waals surface area contributed by atoms with E-state index in [-0.39, 0.29) is 23.3 Å². The molecule has 5 rings (SSSR count). The van der Waals surface area contributed by atoms with Crippen LogP contribution in [0, 0.1) is 5.82 Å². The van der Waals surface area contributed by atoms with Gasteiger partial charge in [-0.3, -0.25) is 19.4 Å². The molecule has 4 aromatic carbocycles. The number of nitrogens with zero attached hydrogens (tertiary/aromatic N) is 2. The van der Waals surface area contributed by atoms with Gasteiger partial charge in [0.25, 0.3) is 5.91 Å². The summed E-state index contributed by atoms with van der Waals surface area (Å²) < 4.78 is 34.4. The van der Waals surface area contributed by atoms with Gasteiger partial charge in [-0.05, 0) is 79.1 Å². The fourth-order valence-electron chi connectivity index (χ4n) is 5.58. The minimum Gasteiger partial charge on any atom is -0.457 e. The van der Waals surface area contributed by atoms with E-state index in [1.165, 1.54) is 37.4 Å².